The van der Waals surface area contributed by atoms with Gasteiger partial charge in [-0.15, -0.1) is 0 Å². The Labute approximate surface area is 156 Å². The first-order valence-corrected chi connectivity index (χ1v) is 10.4. The van der Waals surface area contributed by atoms with Gasteiger partial charge in [0.15, 0.2) is 0 Å². The number of nitrogens with zero attached hydrogens (tertiary/aromatic N) is 2. The molecule has 2 fully saturated rings. The fourth-order valence-corrected chi connectivity index (χ4v) is 5.88. The molecule has 0 aromatic heterocycles. The maximum atomic E-state index is 13.3. The van der Waals surface area contributed by atoms with Crippen LogP contribution in [-0.2, 0) is 14.9 Å². The molecule has 1 aromatic rings. The standard InChI is InChI=1S/C18H28N2O5S/c1-13-11-19(12-14(2)25-13)26(21,22)20-9-5-6-17(20)16-8-7-15(23-3)10-18(16)24-4/h7-8,10,13-14,17H,5-6,9,11-12H2,1-4H3/t13-,14+,17-/m1/s1. The second-order valence-corrected chi connectivity index (χ2v) is 8.84. The van der Waals surface area contributed by atoms with E-state index in [-0.39, 0.29) is 18.2 Å². The van der Waals surface area contributed by atoms with Gasteiger partial charge in [0, 0.05) is 31.3 Å². The molecule has 0 aliphatic carbocycles. The van der Waals surface area contributed by atoms with E-state index < -0.39 is 10.2 Å². The van der Waals surface area contributed by atoms with Crippen LogP contribution in [0.1, 0.15) is 38.3 Å². The first kappa shape index (κ1) is 19.4. The number of methoxy groups -OCH3 is 2. The molecule has 0 unspecified atom stereocenters. The van der Waals surface area contributed by atoms with Crippen LogP contribution in [0.3, 0.4) is 0 Å². The van der Waals surface area contributed by atoms with Gasteiger partial charge < -0.3 is 14.2 Å². The van der Waals surface area contributed by atoms with Gasteiger partial charge in [0.2, 0.25) is 0 Å². The Hall–Kier alpha value is -1.35. The zero-order chi connectivity index (χ0) is 18.9. The quantitative estimate of drug-likeness (QED) is 0.778. The predicted molar refractivity (Wildman–Crippen MR) is 98.7 cm³/mol. The normalized spacial score (nSPS) is 28.2. The lowest BCUT2D eigenvalue weighted by atomic mass is 10.0. The minimum atomic E-state index is -3.57. The lowest BCUT2D eigenvalue weighted by Gasteiger charge is -2.38. The summed E-state index contributed by atoms with van der Waals surface area (Å²) in [6, 6.07) is 5.33. The van der Waals surface area contributed by atoms with Gasteiger partial charge in [0.05, 0.1) is 32.5 Å². The Morgan fingerprint density at radius 3 is 2.42 bits per heavy atom. The van der Waals surface area contributed by atoms with Crippen LogP contribution >= 0.6 is 0 Å². The molecule has 1 aromatic carbocycles. The summed E-state index contributed by atoms with van der Waals surface area (Å²) < 4.78 is 46.2. The highest BCUT2D eigenvalue weighted by Gasteiger charge is 2.42. The molecule has 0 bridgehead atoms. The fraction of sp³-hybridized carbons (Fsp3) is 0.667. The largest absolute Gasteiger partial charge is 0.497 e. The van der Waals surface area contributed by atoms with Crippen LogP contribution < -0.4 is 9.47 Å². The highest BCUT2D eigenvalue weighted by Crippen LogP contribution is 2.41. The topological polar surface area (TPSA) is 68.3 Å². The van der Waals surface area contributed by atoms with Crippen molar-refractivity contribution in [2.45, 2.75) is 44.9 Å². The van der Waals surface area contributed by atoms with Crippen LogP contribution in [0.15, 0.2) is 18.2 Å². The number of hydrogen-bond donors (Lipinski definition) is 0. The minimum absolute atomic E-state index is 0.106. The minimum Gasteiger partial charge on any atom is -0.497 e. The van der Waals surface area contributed by atoms with Crippen molar-refractivity contribution >= 4 is 10.2 Å². The zero-order valence-corrected chi connectivity index (χ0v) is 16.7. The van der Waals surface area contributed by atoms with Crippen molar-refractivity contribution < 1.29 is 22.6 Å². The van der Waals surface area contributed by atoms with E-state index in [0.717, 1.165) is 18.4 Å². The number of benzene rings is 1. The van der Waals surface area contributed by atoms with Crippen molar-refractivity contribution in [3.63, 3.8) is 0 Å². The van der Waals surface area contributed by atoms with Gasteiger partial charge in [-0.25, -0.2) is 0 Å². The first-order valence-electron chi connectivity index (χ1n) is 9.01. The molecular formula is C18H28N2O5S. The molecule has 0 saturated carbocycles. The Kier molecular flexibility index (Phi) is 5.76. The molecule has 8 heteroatoms. The molecule has 0 radical (unpaired) electrons. The fourth-order valence-electron chi connectivity index (χ4n) is 3.89. The van der Waals surface area contributed by atoms with Crippen molar-refractivity contribution in [2.24, 2.45) is 0 Å². The summed E-state index contributed by atoms with van der Waals surface area (Å²) in [4.78, 5) is 0. The van der Waals surface area contributed by atoms with Gasteiger partial charge in [0.1, 0.15) is 11.5 Å². The van der Waals surface area contributed by atoms with Gasteiger partial charge in [0.25, 0.3) is 10.2 Å². The summed E-state index contributed by atoms with van der Waals surface area (Å²) in [5.74, 6) is 1.34. The molecule has 0 amide bonds. The Morgan fingerprint density at radius 2 is 1.81 bits per heavy atom. The third kappa shape index (κ3) is 3.69. The first-order chi connectivity index (χ1) is 12.4. The van der Waals surface area contributed by atoms with E-state index in [0.29, 0.717) is 31.1 Å². The van der Waals surface area contributed by atoms with Gasteiger partial charge >= 0.3 is 0 Å². The summed E-state index contributed by atoms with van der Waals surface area (Å²) in [6.45, 7) is 5.10. The molecule has 2 heterocycles. The van der Waals surface area contributed by atoms with Crippen LogP contribution in [0.25, 0.3) is 0 Å². The number of hydrogen-bond acceptors (Lipinski definition) is 5. The van der Waals surface area contributed by atoms with Crippen molar-refractivity contribution in [1.82, 2.24) is 8.61 Å². The molecule has 3 rings (SSSR count). The second-order valence-electron chi connectivity index (χ2n) is 6.96. The van der Waals surface area contributed by atoms with E-state index in [4.69, 9.17) is 14.2 Å². The smallest absolute Gasteiger partial charge is 0.282 e. The third-order valence-electron chi connectivity index (χ3n) is 5.01. The monoisotopic (exact) mass is 384 g/mol. The maximum Gasteiger partial charge on any atom is 0.282 e. The molecule has 26 heavy (non-hydrogen) atoms. The van der Waals surface area contributed by atoms with E-state index in [9.17, 15) is 8.42 Å². The third-order valence-corrected chi connectivity index (χ3v) is 6.99. The molecule has 3 atom stereocenters. The van der Waals surface area contributed by atoms with E-state index in [1.54, 1.807) is 28.9 Å². The van der Waals surface area contributed by atoms with E-state index in [1.165, 1.54) is 0 Å². The zero-order valence-electron chi connectivity index (χ0n) is 15.8. The molecule has 7 nitrogen and oxygen atoms in total. The average molecular weight is 384 g/mol. The average Bonchev–Trinajstić information content (AvgIpc) is 3.10. The van der Waals surface area contributed by atoms with Crippen molar-refractivity contribution in [1.29, 1.82) is 0 Å². The van der Waals surface area contributed by atoms with Crippen LogP contribution in [0.5, 0.6) is 11.5 Å². The summed E-state index contributed by atoms with van der Waals surface area (Å²) in [5, 5.41) is 0. The van der Waals surface area contributed by atoms with E-state index >= 15 is 0 Å². The second kappa shape index (κ2) is 7.72. The molecule has 146 valence electrons. The van der Waals surface area contributed by atoms with Crippen LogP contribution in [0.4, 0.5) is 0 Å². The predicted octanol–water partition coefficient (Wildman–Crippen LogP) is 2.19. The molecule has 2 aliphatic rings. The summed E-state index contributed by atoms with van der Waals surface area (Å²) in [5.41, 5.74) is 0.878. The molecule has 2 saturated heterocycles. The lowest BCUT2D eigenvalue weighted by Crippen LogP contribution is -2.52. The lowest BCUT2D eigenvalue weighted by molar-refractivity contribution is -0.0455. The van der Waals surface area contributed by atoms with Gasteiger partial charge in [-0.05, 0) is 32.8 Å². The Morgan fingerprint density at radius 1 is 1.12 bits per heavy atom. The van der Waals surface area contributed by atoms with Gasteiger partial charge in [-0.3, -0.25) is 0 Å². The summed E-state index contributed by atoms with van der Waals surface area (Å²) in [7, 11) is -0.372. The summed E-state index contributed by atoms with van der Waals surface area (Å²) in [6.07, 6.45) is 1.39. The molecule has 0 N–H and O–H groups in total. The van der Waals surface area contributed by atoms with Crippen molar-refractivity contribution in [2.75, 3.05) is 33.9 Å². The Balaban J connectivity index is 1.90. The Bertz CT molecular complexity index is 729. The van der Waals surface area contributed by atoms with Crippen LogP contribution in [-0.4, -0.2) is 63.1 Å². The number of rotatable bonds is 5. The highest BCUT2D eigenvalue weighted by molar-refractivity contribution is 7.86. The van der Waals surface area contributed by atoms with Crippen molar-refractivity contribution in [3.05, 3.63) is 23.8 Å². The van der Waals surface area contributed by atoms with Crippen LogP contribution in [0.2, 0.25) is 0 Å². The number of ether oxygens (including phenoxy) is 3. The maximum absolute atomic E-state index is 13.3. The summed E-state index contributed by atoms with van der Waals surface area (Å²) >= 11 is 0. The van der Waals surface area contributed by atoms with E-state index in [2.05, 4.69) is 0 Å². The van der Waals surface area contributed by atoms with Gasteiger partial charge in [-0.1, -0.05) is 6.07 Å². The highest BCUT2D eigenvalue weighted by atomic mass is 32.2. The SMILES string of the molecule is COc1ccc([C@H]2CCCN2S(=O)(=O)N2C[C@@H](C)O[C@@H](C)C2)c(OC)c1. The molecule has 2 aliphatic heterocycles. The van der Waals surface area contributed by atoms with E-state index in [1.807, 2.05) is 26.0 Å². The van der Waals surface area contributed by atoms with Crippen molar-refractivity contribution in [3.8, 4) is 11.5 Å². The van der Waals surface area contributed by atoms with Crippen LogP contribution in [0, 0.1) is 0 Å². The van der Waals surface area contributed by atoms with Gasteiger partial charge in [-0.2, -0.15) is 17.0 Å². The number of morpholine rings is 1. The molecule has 0 spiro atoms. The molecular weight excluding hydrogens is 356 g/mol.